The molecule has 1 aromatic heterocycles. The lowest BCUT2D eigenvalue weighted by molar-refractivity contribution is -0.121. The highest BCUT2D eigenvalue weighted by atomic mass is 32.1. The SMILES string of the molecule is CC(C)c1nnc(NC(=O)CCC(=O)Nc2ccccc2C(C)C)s1. The van der Waals surface area contributed by atoms with Gasteiger partial charge in [0, 0.05) is 24.4 Å². The maximum Gasteiger partial charge on any atom is 0.226 e. The first-order valence-corrected chi connectivity index (χ1v) is 9.20. The fraction of sp³-hybridized carbons (Fsp3) is 0.444. The highest BCUT2D eigenvalue weighted by Gasteiger charge is 2.13. The van der Waals surface area contributed by atoms with Gasteiger partial charge in [-0.25, -0.2) is 0 Å². The molecule has 0 aliphatic rings. The van der Waals surface area contributed by atoms with Crippen LogP contribution >= 0.6 is 11.3 Å². The third-order valence-electron chi connectivity index (χ3n) is 3.62. The quantitative estimate of drug-likeness (QED) is 0.777. The Balaban J connectivity index is 1.84. The van der Waals surface area contributed by atoms with Gasteiger partial charge in [-0.2, -0.15) is 0 Å². The molecule has 0 atom stereocenters. The number of carbonyl (C=O) groups is 2. The van der Waals surface area contributed by atoms with E-state index in [0.717, 1.165) is 16.3 Å². The van der Waals surface area contributed by atoms with Gasteiger partial charge in [-0.05, 0) is 17.5 Å². The van der Waals surface area contributed by atoms with Crippen molar-refractivity contribution in [3.8, 4) is 0 Å². The predicted molar refractivity (Wildman–Crippen MR) is 101 cm³/mol. The van der Waals surface area contributed by atoms with Crippen LogP contribution in [0.1, 0.15) is 62.9 Å². The van der Waals surface area contributed by atoms with E-state index in [4.69, 9.17) is 0 Å². The van der Waals surface area contributed by atoms with Crippen LogP contribution in [0.25, 0.3) is 0 Å². The normalized spacial score (nSPS) is 11.0. The topological polar surface area (TPSA) is 84.0 Å². The van der Waals surface area contributed by atoms with Crippen LogP contribution in [0.4, 0.5) is 10.8 Å². The summed E-state index contributed by atoms with van der Waals surface area (Å²) in [5.41, 5.74) is 1.88. The Morgan fingerprint density at radius 3 is 2.20 bits per heavy atom. The van der Waals surface area contributed by atoms with Gasteiger partial charge in [-0.1, -0.05) is 57.2 Å². The van der Waals surface area contributed by atoms with Gasteiger partial charge in [0.15, 0.2) is 0 Å². The minimum absolute atomic E-state index is 0.103. The molecule has 0 radical (unpaired) electrons. The monoisotopic (exact) mass is 360 g/mol. The number of para-hydroxylation sites is 1. The van der Waals surface area contributed by atoms with Crippen LogP contribution in [0.5, 0.6) is 0 Å². The van der Waals surface area contributed by atoms with Crippen molar-refractivity contribution in [3.05, 3.63) is 34.8 Å². The zero-order valence-electron chi connectivity index (χ0n) is 15.0. The van der Waals surface area contributed by atoms with Crippen molar-refractivity contribution in [1.82, 2.24) is 10.2 Å². The third kappa shape index (κ3) is 5.63. The minimum Gasteiger partial charge on any atom is -0.326 e. The lowest BCUT2D eigenvalue weighted by Crippen LogP contribution is -2.18. The summed E-state index contributed by atoms with van der Waals surface area (Å²) in [7, 11) is 0. The predicted octanol–water partition coefficient (Wildman–Crippen LogP) is 4.14. The van der Waals surface area contributed by atoms with Crippen LogP contribution in [-0.4, -0.2) is 22.0 Å². The van der Waals surface area contributed by atoms with Gasteiger partial charge in [0.05, 0.1) is 0 Å². The number of amides is 2. The number of aromatic nitrogens is 2. The Hall–Kier alpha value is -2.28. The molecule has 7 heteroatoms. The van der Waals surface area contributed by atoms with Gasteiger partial charge in [-0.15, -0.1) is 10.2 Å². The number of benzene rings is 1. The minimum atomic E-state index is -0.237. The van der Waals surface area contributed by atoms with E-state index < -0.39 is 0 Å². The van der Waals surface area contributed by atoms with Crippen LogP contribution < -0.4 is 10.6 Å². The molecule has 2 amide bonds. The maximum atomic E-state index is 12.1. The van der Waals surface area contributed by atoms with Crippen LogP contribution in [0.15, 0.2) is 24.3 Å². The van der Waals surface area contributed by atoms with E-state index in [1.807, 2.05) is 38.1 Å². The zero-order chi connectivity index (χ0) is 18.4. The molecule has 0 fully saturated rings. The molecule has 134 valence electrons. The molecule has 0 aliphatic heterocycles. The number of nitrogens with one attached hydrogen (secondary N) is 2. The van der Waals surface area contributed by atoms with E-state index >= 15 is 0 Å². The van der Waals surface area contributed by atoms with E-state index in [1.54, 1.807) is 0 Å². The highest BCUT2D eigenvalue weighted by molar-refractivity contribution is 7.15. The Bertz CT molecular complexity index is 740. The average Bonchev–Trinajstić information content (AvgIpc) is 3.02. The van der Waals surface area contributed by atoms with Crippen molar-refractivity contribution in [3.63, 3.8) is 0 Å². The lowest BCUT2D eigenvalue weighted by Gasteiger charge is -2.13. The van der Waals surface area contributed by atoms with Gasteiger partial charge in [0.1, 0.15) is 5.01 Å². The molecule has 0 aliphatic carbocycles. The summed E-state index contributed by atoms with van der Waals surface area (Å²) in [5.74, 6) is 0.171. The molecule has 6 nitrogen and oxygen atoms in total. The van der Waals surface area contributed by atoms with Gasteiger partial charge >= 0.3 is 0 Å². The van der Waals surface area contributed by atoms with Crippen molar-refractivity contribution >= 4 is 34.0 Å². The Kier molecular flexibility index (Phi) is 6.64. The number of hydrogen-bond acceptors (Lipinski definition) is 5. The molecule has 2 N–H and O–H groups in total. The zero-order valence-corrected chi connectivity index (χ0v) is 15.8. The summed E-state index contributed by atoms with van der Waals surface area (Å²) in [6.45, 7) is 8.19. The molecule has 0 saturated heterocycles. The van der Waals surface area contributed by atoms with Gasteiger partial charge < -0.3 is 10.6 Å². The molecule has 1 aromatic carbocycles. The van der Waals surface area contributed by atoms with Crippen LogP contribution in [0.2, 0.25) is 0 Å². The van der Waals surface area contributed by atoms with E-state index in [1.165, 1.54) is 11.3 Å². The molecule has 2 rings (SSSR count). The first-order valence-electron chi connectivity index (χ1n) is 8.38. The summed E-state index contributed by atoms with van der Waals surface area (Å²) in [6, 6.07) is 7.71. The summed E-state index contributed by atoms with van der Waals surface area (Å²) in [6.07, 6.45) is 0.223. The van der Waals surface area contributed by atoms with Gasteiger partial charge in [0.2, 0.25) is 16.9 Å². The Labute approximate surface area is 152 Å². The lowest BCUT2D eigenvalue weighted by atomic mass is 10.0. The number of nitrogens with zero attached hydrogens (tertiary/aromatic N) is 2. The van der Waals surface area contributed by atoms with Crippen molar-refractivity contribution < 1.29 is 9.59 Å². The summed E-state index contributed by atoms with van der Waals surface area (Å²) in [5, 5.41) is 14.9. The Morgan fingerprint density at radius 2 is 1.60 bits per heavy atom. The van der Waals surface area contributed by atoms with Crippen molar-refractivity contribution in [1.29, 1.82) is 0 Å². The van der Waals surface area contributed by atoms with Crippen molar-refractivity contribution in [2.45, 2.75) is 52.4 Å². The van der Waals surface area contributed by atoms with Crippen LogP contribution in [-0.2, 0) is 9.59 Å². The average molecular weight is 360 g/mol. The molecule has 2 aromatic rings. The summed E-state index contributed by atoms with van der Waals surface area (Å²) < 4.78 is 0. The molecule has 1 heterocycles. The van der Waals surface area contributed by atoms with E-state index in [0.29, 0.717) is 11.0 Å². The fourth-order valence-corrected chi connectivity index (χ4v) is 3.02. The molecule has 0 unspecified atom stereocenters. The first kappa shape index (κ1) is 19.1. The van der Waals surface area contributed by atoms with E-state index in [-0.39, 0.29) is 30.6 Å². The second-order valence-corrected chi connectivity index (χ2v) is 7.45. The van der Waals surface area contributed by atoms with E-state index in [2.05, 4.69) is 34.7 Å². The summed E-state index contributed by atoms with van der Waals surface area (Å²) in [4.78, 5) is 24.1. The largest absolute Gasteiger partial charge is 0.326 e. The third-order valence-corrected chi connectivity index (χ3v) is 4.76. The molecule has 0 spiro atoms. The summed E-state index contributed by atoms with van der Waals surface area (Å²) >= 11 is 1.36. The number of anilines is 2. The second kappa shape index (κ2) is 8.71. The second-order valence-electron chi connectivity index (χ2n) is 6.44. The standard InChI is InChI=1S/C18H24N4O2S/c1-11(2)13-7-5-6-8-14(13)19-15(23)9-10-16(24)20-18-22-21-17(25-18)12(3)4/h5-8,11-12H,9-10H2,1-4H3,(H,19,23)(H,20,22,24). The fourth-order valence-electron chi connectivity index (χ4n) is 2.25. The van der Waals surface area contributed by atoms with Crippen molar-refractivity contribution in [2.75, 3.05) is 10.6 Å². The Morgan fingerprint density at radius 1 is 0.960 bits per heavy atom. The maximum absolute atomic E-state index is 12.1. The number of hydrogen-bond donors (Lipinski definition) is 2. The van der Waals surface area contributed by atoms with Crippen LogP contribution in [0.3, 0.4) is 0 Å². The molecule has 25 heavy (non-hydrogen) atoms. The highest BCUT2D eigenvalue weighted by Crippen LogP contribution is 2.24. The molecular formula is C18H24N4O2S. The molecule has 0 saturated carbocycles. The smallest absolute Gasteiger partial charge is 0.226 e. The van der Waals surface area contributed by atoms with Gasteiger partial charge in [-0.3, -0.25) is 9.59 Å². The first-order chi connectivity index (χ1) is 11.9. The molecule has 0 bridgehead atoms. The van der Waals surface area contributed by atoms with Gasteiger partial charge in [0.25, 0.3) is 0 Å². The van der Waals surface area contributed by atoms with Crippen molar-refractivity contribution in [2.24, 2.45) is 0 Å². The van der Waals surface area contributed by atoms with E-state index in [9.17, 15) is 9.59 Å². The number of rotatable bonds is 7. The number of carbonyl (C=O) groups excluding carboxylic acids is 2. The molecular weight excluding hydrogens is 336 g/mol. The van der Waals surface area contributed by atoms with Crippen LogP contribution in [0, 0.1) is 0 Å².